The van der Waals surface area contributed by atoms with E-state index in [1.54, 1.807) is 7.11 Å². The molecule has 1 saturated heterocycles. The molecule has 1 unspecified atom stereocenters. The predicted molar refractivity (Wildman–Crippen MR) is 118 cm³/mol. The zero-order valence-electron chi connectivity index (χ0n) is 16.7. The van der Waals surface area contributed by atoms with E-state index in [9.17, 15) is 9.59 Å². The van der Waals surface area contributed by atoms with Crippen LogP contribution in [0.3, 0.4) is 0 Å². The second-order valence-electron chi connectivity index (χ2n) is 6.98. The summed E-state index contributed by atoms with van der Waals surface area (Å²) in [6.07, 6.45) is 0.558. The van der Waals surface area contributed by atoms with E-state index < -0.39 is 6.03 Å². The van der Waals surface area contributed by atoms with Gasteiger partial charge in [0, 0.05) is 35.3 Å². The fourth-order valence-corrected chi connectivity index (χ4v) is 4.44. The predicted octanol–water partition coefficient (Wildman–Crippen LogP) is 3.36. The quantitative estimate of drug-likeness (QED) is 0.528. The van der Waals surface area contributed by atoms with Crippen LogP contribution in [0, 0.1) is 0 Å². The van der Waals surface area contributed by atoms with E-state index in [2.05, 4.69) is 20.8 Å². The molecule has 3 aromatic rings. The number of imide groups is 1. The van der Waals surface area contributed by atoms with Crippen LogP contribution < -0.4 is 15.4 Å². The van der Waals surface area contributed by atoms with Crippen molar-refractivity contribution in [2.24, 2.45) is 0 Å². The molecule has 2 heterocycles. The molecular formula is C21H20ClN5O3S. The van der Waals surface area contributed by atoms with Crippen molar-refractivity contribution in [1.29, 1.82) is 0 Å². The summed E-state index contributed by atoms with van der Waals surface area (Å²) >= 11 is 7.63. The first kappa shape index (κ1) is 21.2. The van der Waals surface area contributed by atoms with E-state index in [0.717, 1.165) is 17.0 Å². The molecule has 2 N–H and O–H groups in total. The zero-order valence-corrected chi connectivity index (χ0v) is 18.2. The van der Waals surface area contributed by atoms with Crippen molar-refractivity contribution in [3.63, 3.8) is 0 Å². The normalized spacial score (nSPS) is 16.0. The summed E-state index contributed by atoms with van der Waals surface area (Å²) in [5.41, 5.74) is 1.93. The van der Waals surface area contributed by atoms with E-state index in [4.69, 9.17) is 16.3 Å². The Morgan fingerprint density at radius 3 is 2.71 bits per heavy atom. The van der Waals surface area contributed by atoms with Crippen molar-refractivity contribution in [3.05, 3.63) is 64.9 Å². The monoisotopic (exact) mass is 457 g/mol. The molecule has 4 rings (SSSR count). The fourth-order valence-electron chi connectivity index (χ4n) is 3.31. The second kappa shape index (κ2) is 9.40. The molecule has 0 bridgehead atoms. The lowest BCUT2D eigenvalue weighted by Crippen LogP contribution is -2.53. The van der Waals surface area contributed by atoms with Gasteiger partial charge in [-0.2, -0.15) is 0 Å². The maximum atomic E-state index is 11.7. The average molecular weight is 458 g/mol. The van der Waals surface area contributed by atoms with Crippen LogP contribution in [-0.4, -0.2) is 39.9 Å². The molecule has 160 valence electrons. The largest absolute Gasteiger partial charge is 0.497 e. The Bertz CT molecular complexity index is 1090. The average Bonchev–Trinajstić information content (AvgIpc) is 3.14. The Labute approximate surface area is 188 Å². The van der Waals surface area contributed by atoms with E-state index in [-0.39, 0.29) is 18.4 Å². The SMILES string of the molecule is COc1ccc(-n2c(CC3CC(=O)NC(=O)N3)nnc2SCc2cccc(Cl)c2)cc1. The van der Waals surface area contributed by atoms with E-state index in [1.807, 2.05) is 53.1 Å². The summed E-state index contributed by atoms with van der Waals surface area (Å²) in [4.78, 5) is 23.4. The standard InChI is InChI=1S/C21H20ClN5O3S/c1-30-17-7-5-16(6-8-17)27-18(10-15-11-19(28)24-20(29)23-15)25-26-21(27)31-12-13-3-2-4-14(22)9-13/h2-9,15H,10-12H2,1H3,(H2,23,24,28,29). The van der Waals surface area contributed by atoms with Gasteiger partial charge in [0.2, 0.25) is 5.91 Å². The van der Waals surface area contributed by atoms with Crippen LogP contribution in [-0.2, 0) is 17.0 Å². The lowest BCUT2D eigenvalue weighted by atomic mass is 10.1. The molecule has 2 aromatic carbocycles. The lowest BCUT2D eigenvalue weighted by molar-refractivity contribution is -0.121. The van der Waals surface area contributed by atoms with E-state index in [1.165, 1.54) is 11.8 Å². The number of methoxy groups -OCH3 is 1. The van der Waals surface area contributed by atoms with Gasteiger partial charge in [-0.05, 0) is 42.0 Å². The zero-order chi connectivity index (χ0) is 21.8. The number of thioether (sulfide) groups is 1. The van der Waals surface area contributed by atoms with Crippen molar-refractivity contribution in [2.45, 2.75) is 29.8 Å². The highest BCUT2D eigenvalue weighted by atomic mass is 35.5. The molecule has 1 atom stereocenters. The molecule has 1 fully saturated rings. The number of aromatic nitrogens is 3. The van der Waals surface area contributed by atoms with Crippen LogP contribution in [0.5, 0.6) is 5.75 Å². The molecule has 31 heavy (non-hydrogen) atoms. The number of nitrogens with zero attached hydrogens (tertiary/aromatic N) is 3. The Balaban J connectivity index is 1.62. The smallest absolute Gasteiger partial charge is 0.321 e. The topological polar surface area (TPSA) is 98.1 Å². The Hall–Kier alpha value is -3.04. The minimum Gasteiger partial charge on any atom is -0.497 e. The number of carbonyl (C=O) groups is 2. The van der Waals surface area contributed by atoms with E-state index in [0.29, 0.717) is 28.2 Å². The highest BCUT2D eigenvalue weighted by Gasteiger charge is 2.26. The highest BCUT2D eigenvalue weighted by Crippen LogP contribution is 2.28. The van der Waals surface area contributed by atoms with Crippen LogP contribution in [0.15, 0.2) is 53.7 Å². The highest BCUT2D eigenvalue weighted by molar-refractivity contribution is 7.98. The van der Waals surface area contributed by atoms with Crippen molar-refractivity contribution in [2.75, 3.05) is 7.11 Å². The van der Waals surface area contributed by atoms with Gasteiger partial charge in [-0.25, -0.2) is 4.79 Å². The third-order valence-corrected chi connectivity index (χ3v) is 5.97. The van der Waals surface area contributed by atoms with Crippen molar-refractivity contribution in [3.8, 4) is 11.4 Å². The molecule has 8 nitrogen and oxygen atoms in total. The van der Waals surface area contributed by atoms with Crippen LogP contribution in [0.25, 0.3) is 5.69 Å². The van der Waals surface area contributed by atoms with Gasteiger partial charge in [0.15, 0.2) is 5.16 Å². The third kappa shape index (κ3) is 5.18. The maximum Gasteiger partial charge on any atom is 0.321 e. The van der Waals surface area contributed by atoms with Gasteiger partial charge in [-0.3, -0.25) is 14.7 Å². The van der Waals surface area contributed by atoms with Crippen LogP contribution in [0.4, 0.5) is 4.79 Å². The van der Waals surface area contributed by atoms with Crippen molar-refractivity contribution in [1.82, 2.24) is 25.4 Å². The number of rotatable bonds is 7. The molecule has 10 heteroatoms. The molecule has 0 saturated carbocycles. The van der Waals surface area contributed by atoms with Gasteiger partial charge < -0.3 is 10.1 Å². The first-order valence-corrected chi connectivity index (χ1v) is 10.9. The summed E-state index contributed by atoms with van der Waals surface area (Å²) in [7, 11) is 1.61. The van der Waals surface area contributed by atoms with Crippen LogP contribution in [0.2, 0.25) is 5.02 Å². The molecular weight excluding hydrogens is 438 g/mol. The maximum absolute atomic E-state index is 11.7. The van der Waals surface area contributed by atoms with Crippen LogP contribution in [0.1, 0.15) is 17.8 Å². The molecule has 1 aromatic heterocycles. The lowest BCUT2D eigenvalue weighted by Gasteiger charge is -2.23. The summed E-state index contributed by atoms with van der Waals surface area (Å²) in [6, 6.07) is 14.4. The molecule has 0 spiro atoms. The number of halogens is 1. The minimum atomic E-state index is -0.493. The van der Waals surface area contributed by atoms with Gasteiger partial charge in [0.1, 0.15) is 11.6 Å². The summed E-state index contributed by atoms with van der Waals surface area (Å²) in [6.45, 7) is 0. The van der Waals surface area contributed by atoms with Crippen molar-refractivity contribution < 1.29 is 14.3 Å². The van der Waals surface area contributed by atoms with Gasteiger partial charge >= 0.3 is 6.03 Å². The summed E-state index contributed by atoms with van der Waals surface area (Å²) in [5.74, 6) is 1.75. The van der Waals surface area contributed by atoms with Gasteiger partial charge in [0.25, 0.3) is 0 Å². The Morgan fingerprint density at radius 1 is 1.19 bits per heavy atom. The minimum absolute atomic E-state index is 0.187. The Kier molecular flexibility index (Phi) is 6.43. The van der Waals surface area contributed by atoms with Crippen LogP contribution >= 0.6 is 23.4 Å². The molecule has 0 radical (unpaired) electrons. The molecule has 1 aliphatic rings. The summed E-state index contributed by atoms with van der Waals surface area (Å²) in [5, 5.41) is 15.1. The third-order valence-electron chi connectivity index (χ3n) is 4.74. The first-order valence-electron chi connectivity index (χ1n) is 9.58. The van der Waals surface area contributed by atoms with Gasteiger partial charge in [-0.15, -0.1) is 10.2 Å². The summed E-state index contributed by atoms with van der Waals surface area (Å²) < 4.78 is 7.20. The number of urea groups is 1. The van der Waals surface area contributed by atoms with Gasteiger partial charge in [0.05, 0.1) is 7.11 Å². The number of amides is 3. The number of benzene rings is 2. The number of hydrogen-bond donors (Lipinski definition) is 2. The molecule has 3 amide bonds. The fraction of sp³-hybridized carbons (Fsp3) is 0.238. The molecule has 1 aliphatic heterocycles. The number of ether oxygens (including phenoxy) is 1. The number of carbonyl (C=O) groups excluding carboxylic acids is 2. The van der Waals surface area contributed by atoms with E-state index >= 15 is 0 Å². The number of nitrogens with one attached hydrogen (secondary N) is 2. The Morgan fingerprint density at radius 2 is 2.00 bits per heavy atom. The first-order chi connectivity index (χ1) is 15.0. The van der Waals surface area contributed by atoms with Gasteiger partial charge in [-0.1, -0.05) is 35.5 Å². The number of hydrogen-bond acceptors (Lipinski definition) is 6. The van der Waals surface area contributed by atoms with Crippen molar-refractivity contribution >= 4 is 35.3 Å². The second-order valence-corrected chi connectivity index (χ2v) is 8.36. The molecule has 0 aliphatic carbocycles.